The molecule has 22 heavy (non-hydrogen) atoms. The first kappa shape index (κ1) is 14.4. The summed E-state index contributed by atoms with van der Waals surface area (Å²) in [6.07, 6.45) is 0. The maximum atomic E-state index is 11.8. The molecule has 0 saturated heterocycles. The Labute approximate surface area is 129 Å². The Balaban J connectivity index is 2.16. The Bertz CT molecular complexity index is 880. The molecule has 7 nitrogen and oxygen atoms in total. The van der Waals surface area contributed by atoms with Gasteiger partial charge >= 0.3 is 0 Å². The van der Waals surface area contributed by atoms with Gasteiger partial charge in [0.15, 0.2) is 5.75 Å². The van der Waals surface area contributed by atoms with Crippen molar-refractivity contribution >= 4 is 23.7 Å². The van der Waals surface area contributed by atoms with Crippen LogP contribution in [0.4, 0.5) is 0 Å². The lowest BCUT2D eigenvalue weighted by atomic mass is 10.0. The number of hydrogen-bond acceptors (Lipinski definition) is 7. The van der Waals surface area contributed by atoms with Gasteiger partial charge in [0, 0.05) is 23.9 Å². The Kier molecular flexibility index (Phi) is 3.96. The van der Waals surface area contributed by atoms with Crippen molar-refractivity contribution in [1.82, 2.24) is 10.2 Å². The van der Waals surface area contributed by atoms with Gasteiger partial charge in [-0.3, -0.25) is 4.79 Å². The van der Waals surface area contributed by atoms with Crippen LogP contribution < -0.4 is 10.4 Å². The maximum absolute atomic E-state index is 11.8. The zero-order valence-corrected chi connectivity index (χ0v) is 11.9. The smallest absolute Gasteiger partial charge is 0.272 e. The number of hydrogen-bond donors (Lipinski definition) is 3. The highest BCUT2D eigenvalue weighted by Crippen LogP contribution is 2.33. The minimum Gasteiger partial charge on any atom is -0.504 e. The molecule has 3 rings (SSSR count). The van der Waals surface area contributed by atoms with Gasteiger partial charge in [-0.05, 0) is 29.3 Å². The molecule has 0 spiro atoms. The quantitative estimate of drug-likeness (QED) is 0.296. The fraction of sp³-hybridized carbons (Fsp3) is 0. The summed E-state index contributed by atoms with van der Waals surface area (Å²) >= 11 is 3.36. The van der Waals surface area contributed by atoms with Gasteiger partial charge < -0.3 is 9.99 Å². The van der Waals surface area contributed by atoms with E-state index < -0.39 is 0 Å². The summed E-state index contributed by atoms with van der Waals surface area (Å²) < 4.78 is 4.03. The molecule has 0 fully saturated rings. The summed E-state index contributed by atoms with van der Waals surface area (Å²) in [5.74, 6) is -0.133. The second kappa shape index (κ2) is 6.06. The van der Waals surface area contributed by atoms with E-state index in [1.54, 1.807) is 24.3 Å². The van der Waals surface area contributed by atoms with Crippen LogP contribution >= 0.6 is 12.9 Å². The molecule has 0 amide bonds. The fourth-order valence-electron chi connectivity index (χ4n) is 2.11. The Morgan fingerprint density at radius 3 is 2.68 bits per heavy atom. The number of benzene rings is 2. The largest absolute Gasteiger partial charge is 0.504 e. The monoisotopic (exact) mass is 318 g/mol. The number of nitrogens with one attached hydrogen (secondary N) is 1. The molecular formula is C14H10N2O5S. The van der Waals surface area contributed by atoms with E-state index in [2.05, 4.69) is 32.5 Å². The van der Waals surface area contributed by atoms with Crippen LogP contribution in [-0.2, 0) is 9.37 Å². The minimum atomic E-state index is -0.276. The summed E-state index contributed by atoms with van der Waals surface area (Å²) in [5.41, 5.74) is 0.872. The van der Waals surface area contributed by atoms with Crippen molar-refractivity contribution in [2.24, 2.45) is 0 Å². The van der Waals surface area contributed by atoms with Crippen LogP contribution in [0.5, 0.6) is 11.5 Å². The third kappa shape index (κ3) is 2.62. The number of fused-ring (bicyclic) bond motifs is 1. The van der Waals surface area contributed by atoms with E-state index in [4.69, 9.17) is 4.89 Å². The van der Waals surface area contributed by atoms with Crippen molar-refractivity contribution in [2.45, 2.75) is 0 Å². The third-order valence-electron chi connectivity index (χ3n) is 3.08. The highest BCUT2D eigenvalue weighted by molar-refractivity contribution is 7.74. The molecule has 0 saturated carbocycles. The molecule has 3 aromatic rings. The van der Waals surface area contributed by atoms with E-state index >= 15 is 0 Å². The number of phenolic OH excluding ortho intramolecular Hbond substituents is 1. The standard InChI is InChI=1S/C14H10N2O5S/c17-11-6-5-8(7-12(11)19-20-21-22)13-9-3-1-2-4-10(9)14(18)16-15-13/h1-7,17,22H,(H,16,18). The molecule has 1 aromatic heterocycles. The summed E-state index contributed by atoms with van der Waals surface area (Å²) in [6.45, 7) is 0. The van der Waals surface area contributed by atoms with Gasteiger partial charge in [0.05, 0.1) is 11.1 Å². The number of aromatic nitrogens is 2. The van der Waals surface area contributed by atoms with Crippen LogP contribution in [0.1, 0.15) is 0 Å². The molecule has 112 valence electrons. The third-order valence-corrected chi connectivity index (χ3v) is 3.14. The van der Waals surface area contributed by atoms with Gasteiger partial charge in [0.1, 0.15) is 0 Å². The predicted octanol–water partition coefficient (Wildman–Crippen LogP) is 2.38. The normalized spacial score (nSPS) is 10.8. The highest BCUT2D eigenvalue weighted by Gasteiger charge is 2.12. The van der Waals surface area contributed by atoms with Crippen LogP contribution in [0.25, 0.3) is 22.0 Å². The van der Waals surface area contributed by atoms with Crippen LogP contribution in [0.3, 0.4) is 0 Å². The molecule has 0 aliphatic heterocycles. The van der Waals surface area contributed by atoms with E-state index in [0.717, 1.165) is 0 Å². The molecular weight excluding hydrogens is 308 g/mol. The number of thiol groups is 1. The first-order valence-electron chi connectivity index (χ1n) is 6.16. The molecule has 2 N–H and O–H groups in total. The van der Waals surface area contributed by atoms with Crippen LogP contribution in [-0.4, -0.2) is 15.3 Å². The van der Waals surface area contributed by atoms with Gasteiger partial charge in [-0.15, -0.1) is 4.33 Å². The van der Waals surface area contributed by atoms with Gasteiger partial charge in [0.25, 0.3) is 5.56 Å². The Hall–Kier alpha value is -2.55. The lowest BCUT2D eigenvalue weighted by Crippen LogP contribution is -2.09. The average Bonchev–Trinajstić information content (AvgIpc) is 2.55. The van der Waals surface area contributed by atoms with Crippen LogP contribution in [0.2, 0.25) is 0 Å². The first-order chi connectivity index (χ1) is 10.7. The van der Waals surface area contributed by atoms with Crippen LogP contribution in [0.15, 0.2) is 47.3 Å². The second-order valence-corrected chi connectivity index (χ2v) is 4.50. The minimum absolute atomic E-state index is 0.0173. The van der Waals surface area contributed by atoms with Crippen molar-refractivity contribution in [3.8, 4) is 22.8 Å². The van der Waals surface area contributed by atoms with Crippen molar-refractivity contribution < 1.29 is 19.4 Å². The van der Waals surface area contributed by atoms with E-state index in [9.17, 15) is 9.90 Å². The molecule has 0 aliphatic rings. The fourth-order valence-corrected chi connectivity index (χ4v) is 2.15. The predicted molar refractivity (Wildman–Crippen MR) is 81.2 cm³/mol. The van der Waals surface area contributed by atoms with Crippen molar-refractivity contribution in [3.63, 3.8) is 0 Å². The number of H-pyrrole nitrogens is 1. The van der Waals surface area contributed by atoms with Crippen molar-refractivity contribution in [2.75, 3.05) is 0 Å². The lowest BCUT2D eigenvalue weighted by Gasteiger charge is -2.08. The van der Waals surface area contributed by atoms with Gasteiger partial charge in [-0.2, -0.15) is 5.10 Å². The number of rotatable bonds is 4. The summed E-state index contributed by atoms with van der Waals surface area (Å²) in [7, 11) is 0. The summed E-state index contributed by atoms with van der Waals surface area (Å²) in [6, 6.07) is 11.6. The summed E-state index contributed by atoms with van der Waals surface area (Å²) in [4.78, 5) is 16.5. The molecule has 8 heteroatoms. The Morgan fingerprint density at radius 2 is 1.91 bits per heavy atom. The topological polar surface area (TPSA) is 93.7 Å². The number of aromatic amines is 1. The second-order valence-electron chi connectivity index (χ2n) is 4.36. The van der Waals surface area contributed by atoms with E-state index in [0.29, 0.717) is 22.0 Å². The molecule has 0 atom stereocenters. The SMILES string of the molecule is O=c1[nH]nc(-c2ccc(O)c(OOOS)c2)c2ccccc12. The van der Waals surface area contributed by atoms with E-state index in [1.807, 2.05) is 6.07 Å². The Morgan fingerprint density at radius 1 is 1.14 bits per heavy atom. The van der Waals surface area contributed by atoms with Crippen molar-refractivity contribution in [3.05, 3.63) is 52.8 Å². The van der Waals surface area contributed by atoms with E-state index in [-0.39, 0.29) is 17.1 Å². The van der Waals surface area contributed by atoms with Gasteiger partial charge in [-0.25, -0.2) is 5.10 Å². The number of aromatic hydroxyl groups is 1. The van der Waals surface area contributed by atoms with Crippen LogP contribution in [0, 0.1) is 0 Å². The lowest BCUT2D eigenvalue weighted by molar-refractivity contribution is -0.402. The first-order valence-corrected chi connectivity index (χ1v) is 6.53. The zero-order chi connectivity index (χ0) is 15.5. The molecule has 0 unspecified atom stereocenters. The number of nitrogens with zero attached hydrogens (tertiary/aromatic N) is 1. The maximum Gasteiger partial charge on any atom is 0.272 e. The molecule has 0 aliphatic carbocycles. The molecule has 0 bridgehead atoms. The number of phenols is 1. The molecule has 0 radical (unpaired) electrons. The zero-order valence-electron chi connectivity index (χ0n) is 11.0. The molecule has 1 heterocycles. The van der Waals surface area contributed by atoms with Gasteiger partial charge in [-0.1, -0.05) is 18.2 Å². The highest BCUT2D eigenvalue weighted by atomic mass is 32.1. The average molecular weight is 318 g/mol. The van der Waals surface area contributed by atoms with Gasteiger partial charge in [0.2, 0.25) is 5.75 Å². The van der Waals surface area contributed by atoms with Crippen molar-refractivity contribution in [1.29, 1.82) is 0 Å². The summed E-state index contributed by atoms with van der Waals surface area (Å²) in [5, 5.41) is 21.6. The van der Waals surface area contributed by atoms with E-state index in [1.165, 1.54) is 12.1 Å². The molecule has 2 aromatic carbocycles.